The number of hydrogen-bond acceptors (Lipinski definition) is 1. The summed E-state index contributed by atoms with van der Waals surface area (Å²) < 4.78 is 5.50. The summed E-state index contributed by atoms with van der Waals surface area (Å²) in [5, 5.41) is 0. The van der Waals surface area contributed by atoms with Crippen molar-refractivity contribution in [3.05, 3.63) is 12.2 Å². The Kier molecular flexibility index (Phi) is 1.91. The second-order valence-electron chi connectivity index (χ2n) is 2.92. The van der Waals surface area contributed by atoms with Crippen molar-refractivity contribution in [1.29, 1.82) is 0 Å². The van der Waals surface area contributed by atoms with Crippen LogP contribution in [-0.2, 0) is 4.74 Å². The van der Waals surface area contributed by atoms with Gasteiger partial charge in [-0.15, -0.1) is 0 Å². The van der Waals surface area contributed by atoms with Crippen molar-refractivity contribution >= 4 is 0 Å². The lowest BCUT2D eigenvalue weighted by atomic mass is 10.0. The molecule has 52 valence electrons. The van der Waals surface area contributed by atoms with Crippen LogP contribution in [0.25, 0.3) is 0 Å². The summed E-state index contributed by atoms with van der Waals surface area (Å²) in [6, 6.07) is 0. The van der Waals surface area contributed by atoms with Crippen LogP contribution in [-0.4, -0.2) is 12.2 Å². The van der Waals surface area contributed by atoms with E-state index in [0.29, 0.717) is 12.2 Å². The molecular formula is C8H14O. The van der Waals surface area contributed by atoms with Gasteiger partial charge in [0.15, 0.2) is 0 Å². The molecule has 1 aliphatic heterocycles. The molecule has 9 heavy (non-hydrogen) atoms. The summed E-state index contributed by atoms with van der Waals surface area (Å²) in [6.07, 6.45) is 2.87. The Morgan fingerprint density at radius 1 is 1.33 bits per heavy atom. The first-order valence-electron chi connectivity index (χ1n) is 3.50. The van der Waals surface area contributed by atoms with Gasteiger partial charge in [0.05, 0.1) is 12.2 Å². The Bertz CT molecular complexity index is 106. The van der Waals surface area contributed by atoms with Gasteiger partial charge >= 0.3 is 0 Å². The van der Waals surface area contributed by atoms with E-state index in [4.69, 9.17) is 4.74 Å². The minimum Gasteiger partial charge on any atom is -0.375 e. The van der Waals surface area contributed by atoms with Crippen molar-refractivity contribution in [2.75, 3.05) is 0 Å². The predicted molar refractivity (Wildman–Crippen MR) is 38.4 cm³/mol. The van der Waals surface area contributed by atoms with Gasteiger partial charge in [-0.05, 0) is 26.7 Å². The Hall–Kier alpha value is -0.300. The highest BCUT2D eigenvalue weighted by Crippen LogP contribution is 2.21. The molecule has 0 aromatic carbocycles. The van der Waals surface area contributed by atoms with Gasteiger partial charge in [-0.1, -0.05) is 12.2 Å². The van der Waals surface area contributed by atoms with E-state index in [1.54, 1.807) is 0 Å². The normalized spacial score (nSPS) is 36.9. The molecule has 0 spiro atoms. The fraction of sp³-hybridized carbons (Fsp3) is 0.750. The predicted octanol–water partition coefficient (Wildman–Crippen LogP) is 2.13. The maximum absolute atomic E-state index is 5.50. The third-order valence-electron chi connectivity index (χ3n) is 1.62. The molecule has 0 aromatic heterocycles. The molecule has 0 bridgehead atoms. The van der Waals surface area contributed by atoms with Gasteiger partial charge < -0.3 is 4.74 Å². The molecule has 1 fully saturated rings. The molecule has 1 heterocycles. The van der Waals surface area contributed by atoms with Crippen LogP contribution in [0.3, 0.4) is 0 Å². The average molecular weight is 126 g/mol. The molecule has 0 saturated carbocycles. The fourth-order valence-corrected chi connectivity index (χ4v) is 1.39. The second-order valence-corrected chi connectivity index (χ2v) is 2.92. The standard InChI is InChI=1S/C8H14O/c1-6-4-7(2)9-8(3)5-6/h7-8H,1,4-5H2,2-3H3/t7-,8-/m1/s1. The summed E-state index contributed by atoms with van der Waals surface area (Å²) in [5.41, 5.74) is 1.33. The summed E-state index contributed by atoms with van der Waals surface area (Å²) in [5.74, 6) is 0. The van der Waals surface area contributed by atoms with Gasteiger partial charge in [0, 0.05) is 0 Å². The molecule has 0 aromatic rings. The monoisotopic (exact) mass is 126 g/mol. The maximum atomic E-state index is 5.50. The van der Waals surface area contributed by atoms with Crippen LogP contribution in [0, 0.1) is 0 Å². The summed E-state index contributed by atoms with van der Waals surface area (Å²) >= 11 is 0. The third-order valence-corrected chi connectivity index (χ3v) is 1.62. The zero-order valence-corrected chi connectivity index (χ0v) is 6.18. The molecule has 1 aliphatic rings. The van der Waals surface area contributed by atoms with E-state index in [2.05, 4.69) is 20.4 Å². The van der Waals surface area contributed by atoms with Gasteiger partial charge in [0.2, 0.25) is 0 Å². The minimum atomic E-state index is 0.390. The van der Waals surface area contributed by atoms with E-state index in [1.807, 2.05) is 0 Å². The van der Waals surface area contributed by atoms with Crippen LogP contribution in [0.1, 0.15) is 26.7 Å². The van der Waals surface area contributed by atoms with E-state index in [0.717, 1.165) is 12.8 Å². The van der Waals surface area contributed by atoms with Crippen LogP contribution < -0.4 is 0 Å². The summed E-state index contributed by atoms with van der Waals surface area (Å²) in [7, 11) is 0. The van der Waals surface area contributed by atoms with Crippen LogP contribution in [0.2, 0.25) is 0 Å². The van der Waals surface area contributed by atoms with E-state index < -0.39 is 0 Å². The first kappa shape index (κ1) is 6.81. The molecule has 0 N–H and O–H groups in total. The summed E-state index contributed by atoms with van der Waals surface area (Å²) in [6.45, 7) is 8.13. The minimum absolute atomic E-state index is 0.390. The van der Waals surface area contributed by atoms with E-state index in [9.17, 15) is 0 Å². The number of ether oxygens (including phenoxy) is 1. The van der Waals surface area contributed by atoms with Crippen LogP contribution >= 0.6 is 0 Å². The van der Waals surface area contributed by atoms with E-state index in [1.165, 1.54) is 5.57 Å². The lowest BCUT2D eigenvalue weighted by Crippen LogP contribution is -2.23. The average Bonchev–Trinajstić information content (AvgIpc) is 1.59. The van der Waals surface area contributed by atoms with Crippen molar-refractivity contribution in [3.63, 3.8) is 0 Å². The van der Waals surface area contributed by atoms with Crippen molar-refractivity contribution in [2.24, 2.45) is 0 Å². The smallest absolute Gasteiger partial charge is 0.0587 e. The van der Waals surface area contributed by atoms with Crippen LogP contribution in [0.4, 0.5) is 0 Å². The van der Waals surface area contributed by atoms with Gasteiger partial charge in [0.25, 0.3) is 0 Å². The highest BCUT2D eigenvalue weighted by atomic mass is 16.5. The molecule has 1 nitrogen and oxygen atoms in total. The maximum Gasteiger partial charge on any atom is 0.0587 e. The van der Waals surface area contributed by atoms with Crippen LogP contribution in [0.15, 0.2) is 12.2 Å². The Morgan fingerprint density at radius 2 is 1.78 bits per heavy atom. The molecule has 2 atom stereocenters. The number of hydrogen-bond donors (Lipinski definition) is 0. The molecule has 0 aliphatic carbocycles. The first-order chi connectivity index (χ1) is 4.18. The Labute approximate surface area is 56.7 Å². The van der Waals surface area contributed by atoms with Crippen molar-refractivity contribution in [1.82, 2.24) is 0 Å². The number of rotatable bonds is 0. The van der Waals surface area contributed by atoms with Gasteiger partial charge in [0.1, 0.15) is 0 Å². The second kappa shape index (κ2) is 2.53. The topological polar surface area (TPSA) is 9.23 Å². The Balaban J connectivity index is 2.43. The largest absolute Gasteiger partial charge is 0.375 e. The van der Waals surface area contributed by atoms with Crippen molar-refractivity contribution in [2.45, 2.75) is 38.9 Å². The van der Waals surface area contributed by atoms with Crippen LogP contribution in [0.5, 0.6) is 0 Å². The zero-order valence-electron chi connectivity index (χ0n) is 6.18. The molecule has 0 amide bonds. The van der Waals surface area contributed by atoms with Crippen molar-refractivity contribution in [3.8, 4) is 0 Å². The zero-order chi connectivity index (χ0) is 6.85. The fourth-order valence-electron chi connectivity index (χ4n) is 1.39. The molecule has 0 unspecified atom stereocenters. The van der Waals surface area contributed by atoms with E-state index >= 15 is 0 Å². The lowest BCUT2D eigenvalue weighted by molar-refractivity contribution is -0.0101. The highest BCUT2D eigenvalue weighted by molar-refractivity contribution is 5.00. The molecular weight excluding hydrogens is 112 g/mol. The molecule has 1 heteroatoms. The Morgan fingerprint density at radius 3 is 2.11 bits per heavy atom. The molecule has 1 rings (SSSR count). The lowest BCUT2D eigenvalue weighted by Gasteiger charge is -2.26. The summed E-state index contributed by atoms with van der Waals surface area (Å²) in [4.78, 5) is 0. The van der Waals surface area contributed by atoms with E-state index in [-0.39, 0.29) is 0 Å². The van der Waals surface area contributed by atoms with Gasteiger partial charge in [-0.25, -0.2) is 0 Å². The van der Waals surface area contributed by atoms with Crippen molar-refractivity contribution < 1.29 is 4.74 Å². The SMILES string of the molecule is C=C1C[C@@H](C)O[C@H](C)C1. The highest BCUT2D eigenvalue weighted by Gasteiger charge is 2.16. The quantitative estimate of drug-likeness (QED) is 0.452. The van der Waals surface area contributed by atoms with Gasteiger partial charge in [-0.3, -0.25) is 0 Å². The first-order valence-corrected chi connectivity index (χ1v) is 3.50. The third kappa shape index (κ3) is 1.83. The molecule has 0 radical (unpaired) electrons. The molecule has 1 saturated heterocycles. The van der Waals surface area contributed by atoms with Gasteiger partial charge in [-0.2, -0.15) is 0 Å².